The molecule has 1 aromatic heterocycles. The lowest BCUT2D eigenvalue weighted by atomic mass is 10.1. The number of carbonyl (C=O) groups is 1. The van der Waals surface area contributed by atoms with Crippen molar-refractivity contribution in [3.8, 4) is 5.75 Å². The van der Waals surface area contributed by atoms with Crippen LogP contribution >= 0.6 is 0 Å². The minimum atomic E-state index is -0.0245. The number of benzene rings is 1. The Bertz CT molecular complexity index is 623. The average molecular weight is 344 g/mol. The molecule has 2 aromatic rings. The summed E-state index contributed by atoms with van der Waals surface area (Å²) >= 11 is 0. The molecule has 1 unspecified atom stereocenters. The van der Waals surface area contributed by atoms with Crippen LogP contribution < -0.4 is 10.1 Å². The van der Waals surface area contributed by atoms with Crippen molar-refractivity contribution in [3.05, 3.63) is 42.5 Å². The van der Waals surface area contributed by atoms with Crippen molar-refractivity contribution >= 4 is 5.91 Å². The van der Waals surface area contributed by atoms with Gasteiger partial charge in [-0.1, -0.05) is 26.0 Å². The molecule has 1 aromatic carbocycles. The van der Waals surface area contributed by atoms with Crippen LogP contribution in [0.5, 0.6) is 5.75 Å². The molecule has 6 nitrogen and oxygen atoms in total. The average Bonchev–Trinajstić information content (AvgIpc) is 3.08. The number of aryl methyl sites for hydroxylation is 1. The maximum absolute atomic E-state index is 12.0. The van der Waals surface area contributed by atoms with Gasteiger partial charge in [-0.15, -0.1) is 0 Å². The van der Waals surface area contributed by atoms with E-state index in [9.17, 15) is 4.79 Å². The molecule has 0 aliphatic carbocycles. The van der Waals surface area contributed by atoms with Gasteiger partial charge in [-0.05, 0) is 43.4 Å². The zero-order chi connectivity index (χ0) is 18.1. The van der Waals surface area contributed by atoms with E-state index in [1.165, 1.54) is 6.33 Å². The minimum Gasteiger partial charge on any atom is -0.494 e. The largest absolute Gasteiger partial charge is 0.494 e. The summed E-state index contributed by atoms with van der Waals surface area (Å²) in [5.41, 5.74) is 1.07. The summed E-state index contributed by atoms with van der Waals surface area (Å²) in [6, 6.07) is 7.91. The Morgan fingerprint density at radius 3 is 2.64 bits per heavy atom. The molecule has 1 N–H and O–H groups in total. The van der Waals surface area contributed by atoms with Crippen LogP contribution in [0.25, 0.3) is 0 Å². The predicted octanol–water partition coefficient (Wildman–Crippen LogP) is 3.36. The number of nitrogens with one attached hydrogen (secondary N) is 1. The number of amides is 1. The van der Waals surface area contributed by atoms with Gasteiger partial charge in [-0.3, -0.25) is 9.48 Å². The van der Waals surface area contributed by atoms with Crippen molar-refractivity contribution in [1.82, 2.24) is 20.1 Å². The summed E-state index contributed by atoms with van der Waals surface area (Å²) < 4.78 is 7.45. The Morgan fingerprint density at radius 1 is 1.24 bits per heavy atom. The summed E-state index contributed by atoms with van der Waals surface area (Å²) in [6.07, 6.45) is 5.41. The van der Waals surface area contributed by atoms with Gasteiger partial charge >= 0.3 is 0 Å². The van der Waals surface area contributed by atoms with Crippen LogP contribution in [0.1, 0.15) is 51.6 Å². The van der Waals surface area contributed by atoms with Crippen molar-refractivity contribution in [1.29, 1.82) is 0 Å². The number of rotatable bonds is 10. The smallest absolute Gasteiger partial charge is 0.220 e. The number of ether oxygens (including phenoxy) is 1. The molecule has 0 saturated carbocycles. The van der Waals surface area contributed by atoms with Crippen LogP contribution in [0.4, 0.5) is 0 Å². The number of nitrogens with zero attached hydrogens (tertiary/aromatic N) is 3. The fourth-order valence-electron chi connectivity index (χ4n) is 2.41. The van der Waals surface area contributed by atoms with E-state index in [2.05, 4.69) is 29.2 Å². The molecule has 1 amide bonds. The molecule has 1 atom stereocenters. The molecule has 0 radical (unpaired) electrons. The van der Waals surface area contributed by atoms with Gasteiger partial charge in [0.05, 0.1) is 12.6 Å². The monoisotopic (exact) mass is 344 g/mol. The Balaban J connectivity index is 1.71. The first kappa shape index (κ1) is 19.0. The van der Waals surface area contributed by atoms with Crippen molar-refractivity contribution in [2.45, 2.75) is 52.6 Å². The number of hydrogen-bond acceptors (Lipinski definition) is 4. The van der Waals surface area contributed by atoms with Crippen molar-refractivity contribution in [2.75, 3.05) is 6.61 Å². The van der Waals surface area contributed by atoms with Crippen LogP contribution in [0.3, 0.4) is 0 Å². The summed E-state index contributed by atoms with van der Waals surface area (Å²) in [5, 5.41) is 7.05. The van der Waals surface area contributed by atoms with Gasteiger partial charge in [0.15, 0.2) is 0 Å². The van der Waals surface area contributed by atoms with Gasteiger partial charge in [0, 0.05) is 13.0 Å². The molecule has 6 heteroatoms. The SMILES string of the molecule is CC(C)CCOc1ccc(C(C)NC(=O)CCCn2cncn2)cc1. The molecule has 1 heterocycles. The molecular formula is C19H28N4O2. The van der Waals surface area contributed by atoms with E-state index in [1.54, 1.807) is 11.0 Å². The first-order valence-corrected chi connectivity index (χ1v) is 8.89. The van der Waals surface area contributed by atoms with Crippen LogP contribution in [-0.2, 0) is 11.3 Å². The number of carbonyl (C=O) groups excluding carboxylic acids is 1. The molecule has 25 heavy (non-hydrogen) atoms. The highest BCUT2D eigenvalue weighted by atomic mass is 16.5. The first-order chi connectivity index (χ1) is 12.0. The topological polar surface area (TPSA) is 69.0 Å². The van der Waals surface area contributed by atoms with Crippen molar-refractivity contribution in [2.24, 2.45) is 5.92 Å². The van der Waals surface area contributed by atoms with Crippen molar-refractivity contribution in [3.63, 3.8) is 0 Å². The lowest BCUT2D eigenvalue weighted by molar-refractivity contribution is -0.121. The van der Waals surface area contributed by atoms with Gasteiger partial charge in [0.25, 0.3) is 0 Å². The third-order valence-electron chi connectivity index (χ3n) is 3.98. The van der Waals surface area contributed by atoms with Crippen LogP contribution in [0.2, 0.25) is 0 Å². The normalized spacial score (nSPS) is 12.2. The predicted molar refractivity (Wildman–Crippen MR) is 97.2 cm³/mol. The minimum absolute atomic E-state index is 0.0245. The molecule has 2 rings (SSSR count). The highest BCUT2D eigenvalue weighted by molar-refractivity contribution is 5.76. The van der Waals surface area contributed by atoms with E-state index in [0.717, 1.165) is 30.8 Å². The molecule has 0 fully saturated rings. The number of aromatic nitrogens is 3. The fourth-order valence-corrected chi connectivity index (χ4v) is 2.41. The Labute approximate surface area is 149 Å². The quantitative estimate of drug-likeness (QED) is 0.717. The van der Waals surface area contributed by atoms with E-state index in [-0.39, 0.29) is 11.9 Å². The summed E-state index contributed by atoms with van der Waals surface area (Å²) in [6.45, 7) is 7.79. The summed E-state index contributed by atoms with van der Waals surface area (Å²) in [4.78, 5) is 15.9. The second kappa shape index (κ2) is 9.81. The number of hydrogen-bond donors (Lipinski definition) is 1. The second-order valence-electron chi connectivity index (χ2n) is 6.65. The van der Waals surface area contributed by atoms with Gasteiger partial charge in [0.1, 0.15) is 18.4 Å². The lowest BCUT2D eigenvalue weighted by Crippen LogP contribution is -2.26. The van der Waals surface area contributed by atoms with E-state index in [1.807, 2.05) is 31.2 Å². The third-order valence-corrected chi connectivity index (χ3v) is 3.98. The van der Waals surface area contributed by atoms with Crippen molar-refractivity contribution < 1.29 is 9.53 Å². The van der Waals surface area contributed by atoms with Gasteiger partial charge in [-0.25, -0.2) is 4.98 Å². The Kier molecular flexibility index (Phi) is 7.44. The fraction of sp³-hybridized carbons (Fsp3) is 0.526. The highest BCUT2D eigenvalue weighted by Gasteiger charge is 2.10. The zero-order valence-electron chi connectivity index (χ0n) is 15.3. The zero-order valence-corrected chi connectivity index (χ0v) is 15.3. The van der Waals surface area contributed by atoms with Gasteiger partial charge in [-0.2, -0.15) is 5.10 Å². The van der Waals surface area contributed by atoms with E-state index < -0.39 is 0 Å². The van der Waals surface area contributed by atoms with Gasteiger partial charge in [0.2, 0.25) is 5.91 Å². The molecule has 0 aliphatic heterocycles. The molecular weight excluding hydrogens is 316 g/mol. The van der Waals surface area contributed by atoms with Crippen LogP contribution in [0.15, 0.2) is 36.9 Å². The van der Waals surface area contributed by atoms with Crippen LogP contribution in [0, 0.1) is 5.92 Å². The standard InChI is InChI=1S/C19H28N4O2/c1-15(2)10-12-25-18-8-6-17(7-9-18)16(3)22-19(24)5-4-11-23-14-20-13-21-23/h6-9,13-16H,4-5,10-12H2,1-3H3,(H,22,24). The van der Waals surface area contributed by atoms with E-state index in [0.29, 0.717) is 18.9 Å². The molecule has 0 spiro atoms. The Morgan fingerprint density at radius 2 is 2.00 bits per heavy atom. The van der Waals surface area contributed by atoms with E-state index in [4.69, 9.17) is 4.74 Å². The molecule has 0 bridgehead atoms. The molecule has 0 aliphatic rings. The first-order valence-electron chi connectivity index (χ1n) is 8.89. The Hall–Kier alpha value is -2.37. The maximum atomic E-state index is 12.0. The summed E-state index contributed by atoms with van der Waals surface area (Å²) in [7, 11) is 0. The molecule has 136 valence electrons. The highest BCUT2D eigenvalue weighted by Crippen LogP contribution is 2.18. The second-order valence-corrected chi connectivity index (χ2v) is 6.65. The van der Waals surface area contributed by atoms with E-state index >= 15 is 0 Å². The van der Waals surface area contributed by atoms with Gasteiger partial charge < -0.3 is 10.1 Å². The summed E-state index contributed by atoms with van der Waals surface area (Å²) in [5.74, 6) is 1.56. The van der Waals surface area contributed by atoms with Crippen LogP contribution in [-0.4, -0.2) is 27.3 Å². The maximum Gasteiger partial charge on any atom is 0.220 e. The lowest BCUT2D eigenvalue weighted by Gasteiger charge is -2.15. The molecule has 0 saturated heterocycles. The third kappa shape index (κ3) is 6.95.